The van der Waals surface area contributed by atoms with Crippen molar-refractivity contribution in [3.8, 4) is 5.75 Å². The van der Waals surface area contributed by atoms with Crippen LogP contribution in [0, 0.1) is 19.8 Å². The van der Waals surface area contributed by atoms with Crippen molar-refractivity contribution in [1.82, 2.24) is 19.4 Å². The number of nitrogens with one attached hydrogen (secondary N) is 1. The molecule has 1 aromatic carbocycles. The summed E-state index contributed by atoms with van der Waals surface area (Å²) in [6.45, 7) is 9.78. The van der Waals surface area contributed by atoms with E-state index in [9.17, 15) is 18.3 Å². The lowest BCUT2D eigenvalue weighted by Crippen LogP contribution is -2.47. The van der Waals surface area contributed by atoms with Crippen molar-refractivity contribution in [1.29, 1.82) is 0 Å². The molecule has 2 saturated heterocycles. The molecule has 37 heavy (non-hydrogen) atoms. The highest BCUT2D eigenvalue weighted by Gasteiger charge is 2.30. The molecule has 2 N–H and O–H groups in total. The average Bonchev–Trinajstić information content (AvgIpc) is 2.81. The molecule has 1 aromatic rings. The molecule has 0 radical (unpaired) electrons. The molecule has 1 amide bonds. The van der Waals surface area contributed by atoms with E-state index in [1.54, 1.807) is 13.8 Å². The summed E-state index contributed by atoms with van der Waals surface area (Å²) in [5.41, 5.74) is 1.00. The summed E-state index contributed by atoms with van der Waals surface area (Å²) in [7, 11) is -2.23. The molecule has 2 aliphatic heterocycles. The maximum atomic E-state index is 13.1. The average molecular weight is 535 g/mol. The Balaban J connectivity index is 1.15. The van der Waals surface area contributed by atoms with E-state index in [-0.39, 0.29) is 35.6 Å². The fourth-order valence-corrected chi connectivity index (χ4v) is 7.91. The number of carbonyl (C=O) groups is 1. The third kappa shape index (κ3) is 7.25. The molecule has 0 aromatic heterocycles. The summed E-state index contributed by atoms with van der Waals surface area (Å²) >= 11 is 0. The molecular weight excluding hydrogens is 488 g/mol. The monoisotopic (exact) mass is 534 g/mol. The highest BCUT2D eigenvalue weighted by atomic mass is 32.2. The van der Waals surface area contributed by atoms with Gasteiger partial charge in [-0.15, -0.1) is 0 Å². The molecule has 8 nitrogen and oxygen atoms in total. The van der Waals surface area contributed by atoms with Gasteiger partial charge >= 0.3 is 0 Å². The van der Waals surface area contributed by atoms with Crippen LogP contribution in [-0.2, 0) is 14.8 Å². The van der Waals surface area contributed by atoms with Crippen LogP contribution < -0.4 is 5.32 Å². The van der Waals surface area contributed by atoms with Gasteiger partial charge in [0, 0.05) is 32.1 Å². The van der Waals surface area contributed by atoms with Crippen LogP contribution in [0.4, 0.5) is 0 Å². The highest BCUT2D eigenvalue weighted by molar-refractivity contribution is 7.89. The van der Waals surface area contributed by atoms with Crippen molar-refractivity contribution >= 4 is 15.9 Å². The molecule has 0 unspecified atom stereocenters. The van der Waals surface area contributed by atoms with Crippen LogP contribution in [-0.4, -0.2) is 91.9 Å². The predicted molar refractivity (Wildman–Crippen MR) is 146 cm³/mol. The molecular formula is C28H46N4O4S. The Kier molecular flexibility index (Phi) is 9.53. The summed E-state index contributed by atoms with van der Waals surface area (Å²) in [6.07, 6.45) is 9.74. The number of likely N-dealkylation sites (tertiary alicyclic amines) is 2. The second kappa shape index (κ2) is 12.5. The highest BCUT2D eigenvalue weighted by Crippen LogP contribution is 2.30. The first-order chi connectivity index (χ1) is 17.6. The number of phenols is 1. The Morgan fingerprint density at radius 2 is 1.65 bits per heavy atom. The summed E-state index contributed by atoms with van der Waals surface area (Å²) in [5.74, 6) is 0.844. The summed E-state index contributed by atoms with van der Waals surface area (Å²) in [5, 5.41) is 12.9. The molecule has 1 saturated carbocycles. The van der Waals surface area contributed by atoms with Crippen molar-refractivity contribution in [3.63, 3.8) is 0 Å². The number of amides is 1. The van der Waals surface area contributed by atoms with Gasteiger partial charge in [0.05, 0.1) is 4.90 Å². The van der Waals surface area contributed by atoms with Crippen LogP contribution in [0.2, 0.25) is 0 Å². The number of piperidine rings is 1. The lowest BCUT2D eigenvalue weighted by atomic mass is 9.86. The van der Waals surface area contributed by atoms with Crippen LogP contribution >= 0.6 is 0 Å². The number of phenolic OH excluding ortho intramolecular Hbond substituents is 1. The van der Waals surface area contributed by atoms with Gasteiger partial charge in [0.25, 0.3) is 0 Å². The third-order valence-electron chi connectivity index (χ3n) is 8.80. The molecule has 0 spiro atoms. The first kappa shape index (κ1) is 28.3. The quantitative estimate of drug-likeness (QED) is 0.479. The number of hydrogen-bond acceptors (Lipinski definition) is 6. The number of benzene rings is 1. The number of nitrogens with zero attached hydrogens (tertiary/aromatic N) is 3. The smallest absolute Gasteiger partial charge is 0.243 e. The van der Waals surface area contributed by atoms with Crippen LogP contribution in [0.3, 0.4) is 0 Å². The van der Waals surface area contributed by atoms with E-state index < -0.39 is 10.0 Å². The SMILES string of the molecule is Cc1cc(O)cc(C)c1S(=O)(=O)N(C)CCC(=O)N[C@H]1CC[C@@H](N2CCC(CCN3CCC3)CC2)CC1. The minimum Gasteiger partial charge on any atom is -0.508 e. The topological polar surface area (TPSA) is 93.2 Å². The molecule has 3 aliphatic rings. The Bertz CT molecular complexity index is 1000. The summed E-state index contributed by atoms with van der Waals surface area (Å²) in [6, 6.07) is 3.72. The molecule has 3 fully saturated rings. The number of aryl methyl sites for hydroxylation is 2. The van der Waals surface area contributed by atoms with Crippen molar-refractivity contribution in [2.45, 2.75) is 88.6 Å². The van der Waals surface area contributed by atoms with E-state index in [0.29, 0.717) is 17.2 Å². The first-order valence-electron chi connectivity index (χ1n) is 14.2. The van der Waals surface area contributed by atoms with E-state index in [2.05, 4.69) is 15.1 Å². The number of sulfonamides is 1. The zero-order chi connectivity index (χ0) is 26.6. The third-order valence-corrected chi connectivity index (χ3v) is 11.0. The second-order valence-electron chi connectivity index (χ2n) is 11.5. The van der Waals surface area contributed by atoms with Gasteiger partial charge in [-0.1, -0.05) is 0 Å². The van der Waals surface area contributed by atoms with Crippen molar-refractivity contribution in [2.24, 2.45) is 5.92 Å². The molecule has 9 heteroatoms. The molecule has 208 valence electrons. The second-order valence-corrected chi connectivity index (χ2v) is 13.5. The normalized spacial score (nSPS) is 24.2. The van der Waals surface area contributed by atoms with Gasteiger partial charge in [-0.2, -0.15) is 0 Å². The molecule has 1 aliphatic carbocycles. The first-order valence-corrected chi connectivity index (χ1v) is 15.6. The van der Waals surface area contributed by atoms with Crippen LogP contribution in [0.15, 0.2) is 17.0 Å². The lowest BCUT2D eigenvalue weighted by Gasteiger charge is -2.41. The Hall–Kier alpha value is -1.68. The molecule has 2 heterocycles. The lowest BCUT2D eigenvalue weighted by molar-refractivity contribution is -0.122. The summed E-state index contributed by atoms with van der Waals surface area (Å²) in [4.78, 5) is 18.1. The Morgan fingerprint density at radius 3 is 2.22 bits per heavy atom. The maximum absolute atomic E-state index is 13.1. The number of aromatic hydroxyl groups is 1. The van der Waals surface area contributed by atoms with E-state index >= 15 is 0 Å². The zero-order valence-corrected chi connectivity index (χ0v) is 23.7. The van der Waals surface area contributed by atoms with E-state index in [1.165, 1.54) is 81.9 Å². The van der Waals surface area contributed by atoms with Crippen LogP contribution in [0.25, 0.3) is 0 Å². The van der Waals surface area contributed by atoms with E-state index in [1.807, 2.05) is 0 Å². The van der Waals surface area contributed by atoms with Crippen LogP contribution in [0.1, 0.15) is 68.9 Å². The molecule has 0 bridgehead atoms. The fourth-order valence-electron chi connectivity index (χ4n) is 6.33. The standard InChI is InChI=1S/C28H46N4O4S/c1-21-19-26(33)20-22(2)28(21)37(35,36)30(3)15-12-27(34)29-24-5-7-25(8-6-24)32-17-10-23(11-18-32)9-16-31-13-4-14-31/h19-20,23-25,33H,4-18H2,1-3H3,(H,29,34)/t24-,25+. The van der Waals surface area contributed by atoms with Gasteiger partial charge in [0.2, 0.25) is 15.9 Å². The minimum absolute atomic E-state index is 0.0489. The van der Waals surface area contributed by atoms with Gasteiger partial charge in [-0.25, -0.2) is 12.7 Å². The largest absolute Gasteiger partial charge is 0.508 e. The fraction of sp³-hybridized carbons (Fsp3) is 0.750. The zero-order valence-electron chi connectivity index (χ0n) is 22.9. The van der Waals surface area contributed by atoms with Crippen molar-refractivity contribution in [2.75, 3.05) is 46.3 Å². The summed E-state index contributed by atoms with van der Waals surface area (Å²) < 4.78 is 27.4. The van der Waals surface area contributed by atoms with E-state index in [0.717, 1.165) is 31.6 Å². The van der Waals surface area contributed by atoms with Crippen LogP contribution in [0.5, 0.6) is 5.75 Å². The maximum Gasteiger partial charge on any atom is 0.243 e. The van der Waals surface area contributed by atoms with Gasteiger partial charge in [0.15, 0.2) is 0 Å². The van der Waals surface area contributed by atoms with Crippen molar-refractivity contribution in [3.05, 3.63) is 23.3 Å². The van der Waals surface area contributed by atoms with Gasteiger partial charge < -0.3 is 20.2 Å². The number of carbonyl (C=O) groups excluding carboxylic acids is 1. The molecule has 0 atom stereocenters. The van der Waals surface area contributed by atoms with E-state index in [4.69, 9.17) is 0 Å². The number of hydrogen-bond donors (Lipinski definition) is 2. The van der Waals surface area contributed by atoms with Gasteiger partial charge in [-0.05, 0) is 127 Å². The number of rotatable bonds is 10. The Morgan fingerprint density at radius 1 is 1.03 bits per heavy atom. The predicted octanol–water partition coefficient (Wildman–Crippen LogP) is 3.25. The van der Waals surface area contributed by atoms with Crippen molar-refractivity contribution < 1.29 is 18.3 Å². The van der Waals surface area contributed by atoms with Gasteiger partial charge in [-0.3, -0.25) is 4.79 Å². The minimum atomic E-state index is -3.74. The molecule has 4 rings (SSSR count). The van der Waals surface area contributed by atoms with Gasteiger partial charge in [0.1, 0.15) is 5.75 Å². The Labute approximate surface area is 223 Å².